The molecule has 0 aliphatic carbocycles. The van der Waals surface area contributed by atoms with Crippen LogP contribution in [0.15, 0.2) is 0 Å². The molecule has 1 aliphatic heterocycles. The Hall–Kier alpha value is -1.37. The Morgan fingerprint density at radius 3 is 2.83 bits per heavy atom. The monoisotopic (exact) mass is 277 g/mol. The summed E-state index contributed by atoms with van der Waals surface area (Å²) in [5.41, 5.74) is 0. The van der Waals surface area contributed by atoms with Gasteiger partial charge >= 0.3 is 16.3 Å². The second-order valence-electron chi connectivity index (χ2n) is 3.91. The van der Waals surface area contributed by atoms with E-state index in [9.17, 15) is 13.2 Å². The first-order valence-corrected chi connectivity index (χ1v) is 6.79. The molecule has 0 saturated carbocycles. The van der Waals surface area contributed by atoms with Crippen molar-refractivity contribution >= 4 is 16.3 Å². The molecule has 1 saturated heterocycles. The topological polar surface area (TPSA) is 109 Å². The Bertz CT molecular complexity index is 442. The van der Waals surface area contributed by atoms with Crippen molar-refractivity contribution in [1.82, 2.24) is 9.03 Å². The molecule has 1 aliphatic rings. The minimum atomic E-state index is -3.99. The summed E-state index contributed by atoms with van der Waals surface area (Å²) in [4.78, 5) is 11.2. The molecule has 1 fully saturated rings. The summed E-state index contributed by atoms with van der Waals surface area (Å²) in [6.45, 7) is 3.29. The molecule has 18 heavy (non-hydrogen) atoms. The van der Waals surface area contributed by atoms with Gasteiger partial charge in [0.25, 0.3) is 0 Å². The predicted octanol–water partition coefficient (Wildman–Crippen LogP) is -0.410. The van der Waals surface area contributed by atoms with Gasteiger partial charge in [-0.15, -0.1) is 0 Å². The highest BCUT2D eigenvalue weighted by Crippen LogP contribution is 2.08. The van der Waals surface area contributed by atoms with Crippen molar-refractivity contribution in [2.24, 2.45) is 0 Å². The van der Waals surface area contributed by atoms with Crippen LogP contribution in [0.1, 0.15) is 13.8 Å². The van der Waals surface area contributed by atoms with Crippen molar-refractivity contribution < 1.29 is 22.7 Å². The second-order valence-corrected chi connectivity index (χ2v) is 5.58. The highest BCUT2D eigenvalue weighted by Gasteiger charge is 2.31. The van der Waals surface area contributed by atoms with E-state index in [2.05, 4.69) is 4.74 Å². The fraction of sp³-hybridized carbons (Fsp3) is 0.778. The third-order valence-electron chi connectivity index (χ3n) is 2.07. The minimum absolute atomic E-state index is 0.0858. The van der Waals surface area contributed by atoms with Gasteiger partial charge in [-0.3, -0.25) is 0 Å². The number of rotatable bonds is 3. The summed E-state index contributed by atoms with van der Waals surface area (Å²) in [5.74, 6) is 0. The lowest BCUT2D eigenvalue weighted by Gasteiger charge is -2.28. The van der Waals surface area contributed by atoms with Crippen molar-refractivity contribution in [3.63, 3.8) is 0 Å². The first kappa shape index (κ1) is 14.7. The second kappa shape index (κ2) is 5.99. The number of hydrogen-bond donors (Lipinski definition) is 1. The number of nitrogens with one attached hydrogen (secondary N) is 1. The quantitative estimate of drug-likeness (QED) is 0.751. The minimum Gasteiger partial charge on any atom is -0.446 e. The number of hydrogen-bond acceptors (Lipinski definition) is 6. The Morgan fingerprint density at radius 2 is 2.28 bits per heavy atom. The van der Waals surface area contributed by atoms with E-state index in [-0.39, 0.29) is 19.7 Å². The lowest BCUT2D eigenvalue weighted by molar-refractivity contribution is 0.0305. The van der Waals surface area contributed by atoms with Gasteiger partial charge in [-0.25, -0.2) is 9.52 Å². The van der Waals surface area contributed by atoms with Crippen LogP contribution in [0.5, 0.6) is 0 Å². The van der Waals surface area contributed by atoms with E-state index in [4.69, 9.17) is 10.00 Å². The number of nitrogens with zero attached hydrogens (tertiary/aromatic N) is 2. The van der Waals surface area contributed by atoms with E-state index in [1.807, 2.05) is 6.07 Å². The average Bonchev–Trinajstić information content (AvgIpc) is 2.27. The molecule has 9 heteroatoms. The fourth-order valence-corrected chi connectivity index (χ4v) is 2.36. The van der Waals surface area contributed by atoms with Crippen molar-refractivity contribution in [3.05, 3.63) is 0 Å². The number of carbonyl (C=O) groups excluding carboxylic acids is 1. The van der Waals surface area contributed by atoms with Gasteiger partial charge in [0, 0.05) is 6.54 Å². The van der Waals surface area contributed by atoms with Crippen LogP contribution in [0.3, 0.4) is 0 Å². The van der Waals surface area contributed by atoms with E-state index in [0.717, 1.165) is 4.31 Å². The SMILES string of the molecule is CC(C)OC(=O)NS(=O)(=O)N1CCOC(C#N)C1. The summed E-state index contributed by atoms with van der Waals surface area (Å²) in [6, 6.07) is 1.82. The molecule has 1 N–H and O–H groups in total. The third-order valence-corrected chi connectivity index (χ3v) is 3.50. The molecule has 0 spiro atoms. The summed E-state index contributed by atoms with van der Waals surface area (Å²) in [6.07, 6.45) is -2.28. The van der Waals surface area contributed by atoms with E-state index >= 15 is 0 Å². The van der Waals surface area contributed by atoms with Crippen molar-refractivity contribution in [2.75, 3.05) is 19.7 Å². The van der Waals surface area contributed by atoms with E-state index in [0.29, 0.717) is 0 Å². The molecule has 1 amide bonds. The average molecular weight is 277 g/mol. The van der Waals surface area contributed by atoms with Gasteiger partial charge in [0.1, 0.15) is 0 Å². The van der Waals surface area contributed by atoms with E-state index < -0.39 is 28.5 Å². The maximum atomic E-state index is 11.8. The molecular formula is C9H15N3O5S. The van der Waals surface area contributed by atoms with Gasteiger partial charge in [0.2, 0.25) is 0 Å². The molecule has 8 nitrogen and oxygen atoms in total. The molecular weight excluding hydrogens is 262 g/mol. The summed E-state index contributed by atoms with van der Waals surface area (Å²) in [7, 11) is -3.99. The Kier molecular flexibility index (Phi) is 4.89. The van der Waals surface area contributed by atoms with E-state index in [1.165, 1.54) is 0 Å². The van der Waals surface area contributed by atoms with E-state index in [1.54, 1.807) is 18.6 Å². The summed E-state index contributed by atoms with van der Waals surface area (Å²) >= 11 is 0. The van der Waals surface area contributed by atoms with Crippen LogP contribution in [-0.4, -0.2) is 50.7 Å². The predicted molar refractivity (Wildman–Crippen MR) is 60.6 cm³/mol. The largest absolute Gasteiger partial charge is 0.446 e. The van der Waals surface area contributed by atoms with Crippen LogP contribution in [-0.2, 0) is 19.7 Å². The summed E-state index contributed by atoms with van der Waals surface area (Å²) in [5, 5.41) is 8.67. The molecule has 0 radical (unpaired) electrons. The first-order chi connectivity index (χ1) is 8.35. The molecule has 0 aromatic heterocycles. The zero-order valence-corrected chi connectivity index (χ0v) is 10.9. The Labute approximate surface area is 106 Å². The number of morpholine rings is 1. The Balaban J connectivity index is 2.63. The molecule has 0 aromatic carbocycles. The number of ether oxygens (including phenoxy) is 2. The van der Waals surface area contributed by atoms with Crippen LogP contribution >= 0.6 is 0 Å². The van der Waals surface area contributed by atoms with Crippen LogP contribution < -0.4 is 4.72 Å². The first-order valence-electron chi connectivity index (χ1n) is 5.35. The lowest BCUT2D eigenvalue weighted by atomic mass is 10.3. The molecule has 0 aromatic rings. The highest BCUT2D eigenvalue weighted by molar-refractivity contribution is 7.87. The molecule has 102 valence electrons. The maximum absolute atomic E-state index is 11.8. The smallest absolute Gasteiger partial charge is 0.422 e. The molecule has 1 heterocycles. The number of nitriles is 1. The number of amides is 1. The van der Waals surface area contributed by atoms with Gasteiger partial charge in [-0.2, -0.15) is 18.0 Å². The van der Waals surface area contributed by atoms with Crippen molar-refractivity contribution in [2.45, 2.75) is 26.1 Å². The maximum Gasteiger partial charge on any atom is 0.422 e. The standard InChI is InChI=1S/C9H15N3O5S/c1-7(2)17-9(13)11-18(14,15)12-3-4-16-8(5-10)6-12/h7-8H,3-4,6H2,1-2H3,(H,11,13). The molecule has 1 atom stereocenters. The number of carbonyl (C=O) groups is 1. The normalized spacial score (nSPS) is 21.3. The van der Waals surface area contributed by atoms with Gasteiger partial charge < -0.3 is 9.47 Å². The van der Waals surface area contributed by atoms with Gasteiger partial charge in [0.05, 0.1) is 25.3 Å². The third kappa shape index (κ3) is 4.14. The lowest BCUT2D eigenvalue weighted by Crippen LogP contribution is -2.51. The summed E-state index contributed by atoms with van der Waals surface area (Å²) < 4.78 is 36.0. The van der Waals surface area contributed by atoms with Gasteiger partial charge in [0.15, 0.2) is 6.10 Å². The Morgan fingerprint density at radius 1 is 1.61 bits per heavy atom. The van der Waals surface area contributed by atoms with Crippen LogP contribution in [0, 0.1) is 11.3 Å². The molecule has 0 bridgehead atoms. The van der Waals surface area contributed by atoms with Gasteiger partial charge in [-0.1, -0.05) is 0 Å². The van der Waals surface area contributed by atoms with Gasteiger partial charge in [-0.05, 0) is 13.8 Å². The van der Waals surface area contributed by atoms with Crippen LogP contribution in [0.4, 0.5) is 4.79 Å². The molecule has 1 rings (SSSR count). The fourth-order valence-electron chi connectivity index (χ4n) is 1.33. The zero-order valence-electron chi connectivity index (χ0n) is 10.1. The van der Waals surface area contributed by atoms with Crippen LogP contribution in [0.2, 0.25) is 0 Å². The van der Waals surface area contributed by atoms with Crippen LogP contribution in [0.25, 0.3) is 0 Å². The van der Waals surface area contributed by atoms with Crippen molar-refractivity contribution in [1.29, 1.82) is 5.26 Å². The highest BCUT2D eigenvalue weighted by atomic mass is 32.2. The van der Waals surface area contributed by atoms with Crippen molar-refractivity contribution in [3.8, 4) is 6.07 Å². The molecule has 1 unspecified atom stereocenters. The zero-order chi connectivity index (χ0) is 13.8.